The van der Waals surface area contributed by atoms with Gasteiger partial charge in [0.25, 0.3) is 0 Å². The maximum Gasteiger partial charge on any atom is 0.312 e. The molecule has 2 aromatic rings. The number of carbonyl (C=O) groups is 1. The molecule has 3 nitrogen and oxygen atoms in total. The van der Waals surface area contributed by atoms with Gasteiger partial charge in [-0.25, -0.2) is 0 Å². The van der Waals surface area contributed by atoms with Crippen LogP contribution in [0.3, 0.4) is 0 Å². The predicted molar refractivity (Wildman–Crippen MR) is 86.0 cm³/mol. The molecule has 0 saturated carbocycles. The van der Waals surface area contributed by atoms with E-state index in [0.29, 0.717) is 5.75 Å². The molecule has 1 aliphatic heterocycles. The Morgan fingerprint density at radius 1 is 1.27 bits per heavy atom. The van der Waals surface area contributed by atoms with Gasteiger partial charge >= 0.3 is 5.97 Å². The van der Waals surface area contributed by atoms with Crippen LogP contribution in [0.1, 0.15) is 34.6 Å². The quantitative estimate of drug-likeness (QED) is 0.608. The number of esters is 1. The number of fused-ring (bicyclic) bond motifs is 1. The van der Waals surface area contributed by atoms with E-state index < -0.39 is 0 Å². The summed E-state index contributed by atoms with van der Waals surface area (Å²) in [7, 11) is 1.63. The minimum absolute atomic E-state index is 0.106. The molecule has 3 rings (SSSR count). The van der Waals surface area contributed by atoms with Crippen molar-refractivity contribution in [3.63, 3.8) is 0 Å². The van der Waals surface area contributed by atoms with Gasteiger partial charge in [0.15, 0.2) is 0 Å². The summed E-state index contributed by atoms with van der Waals surface area (Å²) in [6.45, 7) is 3.88. The van der Waals surface area contributed by atoms with Gasteiger partial charge in [0.1, 0.15) is 11.5 Å². The topological polar surface area (TPSA) is 35.5 Å². The molecule has 0 fully saturated rings. The van der Waals surface area contributed by atoms with Crippen LogP contribution in [0.25, 0.3) is 0 Å². The van der Waals surface area contributed by atoms with Crippen LogP contribution in [0.15, 0.2) is 30.3 Å². The zero-order chi connectivity index (χ0) is 15.9. The minimum Gasteiger partial charge on any atom is -0.496 e. The highest BCUT2D eigenvalue weighted by Gasteiger charge is 2.32. The summed E-state index contributed by atoms with van der Waals surface area (Å²) in [5, 5.41) is 0.719. The first kappa shape index (κ1) is 14.9. The third kappa shape index (κ3) is 2.35. The summed E-state index contributed by atoms with van der Waals surface area (Å²) in [6.07, 6.45) is 0.285. The second-order valence-electron chi connectivity index (χ2n) is 5.52. The van der Waals surface area contributed by atoms with Gasteiger partial charge in [0.2, 0.25) is 0 Å². The largest absolute Gasteiger partial charge is 0.496 e. The summed E-state index contributed by atoms with van der Waals surface area (Å²) >= 11 is 6.41. The van der Waals surface area contributed by atoms with E-state index >= 15 is 0 Å². The van der Waals surface area contributed by atoms with Crippen LogP contribution >= 0.6 is 11.6 Å². The lowest BCUT2D eigenvalue weighted by atomic mass is 9.83. The molecule has 1 atom stereocenters. The second-order valence-corrected chi connectivity index (χ2v) is 5.89. The summed E-state index contributed by atoms with van der Waals surface area (Å²) in [6, 6.07) is 9.59. The summed E-state index contributed by atoms with van der Waals surface area (Å²) < 4.78 is 10.9. The van der Waals surface area contributed by atoms with Crippen LogP contribution in [-0.4, -0.2) is 13.1 Å². The van der Waals surface area contributed by atoms with Crippen molar-refractivity contribution in [2.75, 3.05) is 7.11 Å². The Balaban J connectivity index is 2.24. The zero-order valence-electron chi connectivity index (χ0n) is 12.8. The van der Waals surface area contributed by atoms with E-state index in [4.69, 9.17) is 21.1 Å². The molecular formula is C18H17ClO3. The van der Waals surface area contributed by atoms with Crippen LogP contribution in [0.2, 0.25) is 5.02 Å². The van der Waals surface area contributed by atoms with Crippen LogP contribution in [0, 0.1) is 13.8 Å². The molecule has 0 saturated heterocycles. The summed E-state index contributed by atoms with van der Waals surface area (Å²) in [5.41, 5.74) is 3.82. The molecule has 0 N–H and O–H groups in total. The zero-order valence-corrected chi connectivity index (χ0v) is 13.5. The van der Waals surface area contributed by atoms with Crippen LogP contribution in [-0.2, 0) is 4.79 Å². The standard InChI is InChI=1S/C18H17ClO3/c1-10-8-15-17(11(2)18(10)19)13(9-16(20)22-15)12-6-4-5-7-14(12)21-3/h4-8,13H,9H2,1-3H3/t13-/m1/s1. The van der Waals surface area contributed by atoms with Crippen LogP contribution < -0.4 is 9.47 Å². The van der Waals surface area contributed by atoms with E-state index in [9.17, 15) is 4.79 Å². The Morgan fingerprint density at radius 3 is 2.73 bits per heavy atom. The van der Waals surface area contributed by atoms with Gasteiger partial charge in [-0.1, -0.05) is 29.8 Å². The fraction of sp³-hybridized carbons (Fsp3) is 0.278. The molecule has 22 heavy (non-hydrogen) atoms. The highest BCUT2D eigenvalue weighted by molar-refractivity contribution is 6.32. The molecule has 0 aromatic heterocycles. The highest BCUT2D eigenvalue weighted by Crippen LogP contribution is 2.45. The average Bonchev–Trinajstić information content (AvgIpc) is 2.51. The molecule has 114 valence electrons. The van der Waals surface area contributed by atoms with Crippen LogP contribution in [0.5, 0.6) is 11.5 Å². The molecule has 1 heterocycles. The summed E-state index contributed by atoms with van der Waals surface area (Å²) in [4.78, 5) is 12.0. The lowest BCUT2D eigenvalue weighted by Crippen LogP contribution is -2.22. The Hall–Kier alpha value is -2.00. The average molecular weight is 317 g/mol. The highest BCUT2D eigenvalue weighted by atomic mass is 35.5. The molecule has 0 aliphatic carbocycles. The van der Waals surface area contributed by atoms with E-state index in [1.165, 1.54) is 0 Å². The van der Waals surface area contributed by atoms with Gasteiger partial charge in [-0.3, -0.25) is 4.79 Å². The number of methoxy groups -OCH3 is 1. The van der Waals surface area contributed by atoms with Crippen molar-refractivity contribution in [3.05, 3.63) is 57.6 Å². The monoisotopic (exact) mass is 316 g/mol. The van der Waals surface area contributed by atoms with Crippen LogP contribution in [0.4, 0.5) is 0 Å². The number of benzene rings is 2. The Bertz CT molecular complexity index is 752. The van der Waals surface area contributed by atoms with Crippen molar-refractivity contribution in [2.45, 2.75) is 26.2 Å². The number of halogens is 1. The van der Waals surface area contributed by atoms with E-state index in [0.717, 1.165) is 33.0 Å². The molecular weight excluding hydrogens is 300 g/mol. The number of ether oxygens (including phenoxy) is 2. The first-order chi connectivity index (χ1) is 10.5. The van der Waals surface area contributed by atoms with E-state index in [-0.39, 0.29) is 18.3 Å². The number of para-hydroxylation sites is 1. The first-order valence-corrected chi connectivity index (χ1v) is 7.54. The number of hydrogen-bond acceptors (Lipinski definition) is 3. The number of carbonyl (C=O) groups excluding carboxylic acids is 1. The summed E-state index contributed by atoms with van der Waals surface area (Å²) in [5.74, 6) is 1.03. The normalized spacial score (nSPS) is 16.9. The fourth-order valence-electron chi connectivity index (χ4n) is 3.11. The van der Waals surface area contributed by atoms with E-state index in [1.54, 1.807) is 7.11 Å². The van der Waals surface area contributed by atoms with Gasteiger partial charge in [-0.2, -0.15) is 0 Å². The molecule has 0 bridgehead atoms. The van der Waals surface area contributed by atoms with Gasteiger partial charge < -0.3 is 9.47 Å². The maximum atomic E-state index is 12.0. The molecule has 0 unspecified atom stereocenters. The Morgan fingerprint density at radius 2 is 2.00 bits per heavy atom. The molecule has 2 aromatic carbocycles. The van der Waals surface area contributed by atoms with Gasteiger partial charge in [-0.05, 0) is 37.1 Å². The number of rotatable bonds is 2. The first-order valence-electron chi connectivity index (χ1n) is 7.16. The number of hydrogen-bond donors (Lipinski definition) is 0. The molecule has 4 heteroatoms. The van der Waals surface area contributed by atoms with Crippen molar-refractivity contribution in [1.29, 1.82) is 0 Å². The molecule has 0 amide bonds. The van der Waals surface area contributed by atoms with Crippen molar-refractivity contribution in [3.8, 4) is 11.5 Å². The van der Waals surface area contributed by atoms with Crippen molar-refractivity contribution < 1.29 is 14.3 Å². The molecule has 0 spiro atoms. The van der Waals surface area contributed by atoms with Crippen molar-refractivity contribution in [2.24, 2.45) is 0 Å². The smallest absolute Gasteiger partial charge is 0.312 e. The minimum atomic E-state index is -0.232. The fourth-order valence-corrected chi connectivity index (χ4v) is 3.26. The van der Waals surface area contributed by atoms with Gasteiger partial charge in [0.05, 0.1) is 13.5 Å². The van der Waals surface area contributed by atoms with Crippen molar-refractivity contribution >= 4 is 17.6 Å². The Labute approximate surface area is 134 Å². The maximum absolute atomic E-state index is 12.0. The van der Waals surface area contributed by atoms with E-state index in [1.807, 2.05) is 44.2 Å². The lowest BCUT2D eigenvalue weighted by molar-refractivity contribution is -0.135. The Kier molecular flexibility index (Phi) is 3.83. The van der Waals surface area contributed by atoms with Gasteiger partial charge in [0, 0.05) is 22.1 Å². The predicted octanol–water partition coefficient (Wildman–Crippen LogP) is 4.41. The lowest BCUT2D eigenvalue weighted by Gasteiger charge is -2.28. The number of aryl methyl sites for hydroxylation is 1. The van der Waals surface area contributed by atoms with E-state index in [2.05, 4.69) is 0 Å². The third-order valence-electron chi connectivity index (χ3n) is 4.15. The van der Waals surface area contributed by atoms with Crippen molar-refractivity contribution in [1.82, 2.24) is 0 Å². The third-order valence-corrected chi connectivity index (χ3v) is 4.73. The molecule has 0 radical (unpaired) electrons. The SMILES string of the molecule is COc1ccccc1[C@H]1CC(=O)Oc2cc(C)c(Cl)c(C)c21. The van der Waals surface area contributed by atoms with Gasteiger partial charge in [-0.15, -0.1) is 0 Å². The second kappa shape index (κ2) is 5.65. The molecule has 1 aliphatic rings.